The Kier molecular flexibility index (Phi) is 5.56. The molecule has 1 aromatic carbocycles. The lowest BCUT2D eigenvalue weighted by Gasteiger charge is -2.26. The van der Waals surface area contributed by atoms with Gasteiger partial charge in [0.1, 0.15) is 5.75 Å². The molecule has 0 aliphatic rings. The molecule has 0 amide bonds. The number of aromatic nitrogens is 1. The van der Waals surface area contributed by atoms with Gasteiger partial charge < -0.3 is 9.84 Å². The second kappa shape index (κ2) is 7.22. The van der Waals surface area contributed by atoms with Crippen LogP contribution in [0.4, 0.5) is 0 Å². The minimum absolute atomic E-state index is 0.228. The normalized spacial score (nSPS) is 14.1. The van der Waals surface area contributed by atoms with E-state index in [1.54, 1.807) is 18.4 Å². The summed E-state index contributed by atoms with van der Waals surface area (Å²) < 4.78 is 5.21. The van der Waals surface area contributed by atoms with Crippen LogP contribution in [0.3, 0.4) is 0 Å². The summed E-state index contributed by atoms with van der Waals surface area (Å²) in [6.45, 7) is 6.78. The standard InChI is InChI=1S/C17H24N2O2S/c1-11-17(22-13(3)18-11)12(2)19(4)10-16(20)14-7-6-8-15(9-14)21-5/h6-9,12,16,20H,10H2,1-5H3. The highest BCUT2D eigenvalue weighted by Gasteiger charge is 2.20. The molecule has 0 saturated heterocycles. The Morgan fingerprint density at radius 1 is 1.36 bits per heavy atom. The van der Waals surface area contributed by atoms with Crippen molar-refractivity contribution in [2.45, 2.75) is 32.9 Å². The van der Waals surface area contributed by atoms with Crippen molar-refractivity contribution >= 4 is 11.3 Å². The van der Waals surface area contributed by atoms with Gasteiger partial charge in [-0.15, -0.1) is 11.3 Å². The third kappa shape index (κ3) is 3.85. The van der Waals surface area contributed by atoms with E-state index in [9.17, 15) is 5.11 Å². The third-order valence-electron chi connectivity index (χ3n) is 3.92. The molecule has 22 heavy (non-hydrogen) atoms. The quantitative estimate of drug-likeness (QED) is 0.885. The fourth-order valence-corrected chi connectivity index (χ4v) is 3.56. The number of thiazole rings is 1. The van der Waals surface area contributed by atoms with Crippen LogP contribution >= 0.6 is 11.3 Å². The van der Waals surface area contributed by atoms with Crippen molar-refractivity contribution < 1.29 is 9.84 Å². The van der Waals surface area contributed by atoms with E-state index in [0.29, 0.717) is 6.54 Å². The summed E-state index contributed by atoms with van der Waals surface area (Å²) in [6.07, 6.45) is -0.545. The molecule has 0 bridgehead atoms. The fraction of sp³-hybridized carbons (Fsp3) is 0.471. The summed E-state index contributed by atoms with van der Waals surface area (Å²) in [5.41, 5.74) is 1.95. The van der Waals surface area contributed by atoms with E-state index in [0.717, 1.165) is 22.0 Å². The lowest BCUT2D eigenvalue weighted by Crippen LogP contribution is -2.27. The second-order valence-corrected chi connectivity index (χ2v) is 6.83. The molecule has 0 saturated carbocycles. The fourth-order valence-electron chi connectivity index (χ4n) is 2.52. The highest BCUT2D eigenvalue weighted by atomic mass is 32.1. The molecule has 1 aromatic heterocycles. The van der Waals surface area contributed by atoms with Gasteiger partial charge in [0, 0.05) is 17.5 Å². The zero-order valence-electron chi connectivity index (χ0n) is 13.8. The van der Waals surface area contributed by atoms with E-state index in [1.807, 2.05) is 45.2 Å². The van der Waals surface area contributed by atoms with Crippen molar-refractivity contribution in [3.05, 3.63) is 45.4 Å². The number of aryl methyl sites for hydroxylation is 2. The molecule has 1 heterocycles. The van der Waals surface area contributed by atoms with Gasteiger partial charge >= 0.3 is 0 Å². The van der Waals surface area contributed by atoms with Gasteiger partial charge in [-0.3, -0.25) is 4.90 Å². The number of ether oxygens (including phenoxy) is 1. The summed E-state index contributed by atoms with van der Waals surface area (Å²) in [5.74, 6) is 0.765. The van der Waals surface area contributed by atoms with Crippen LogP contribution in [0, 0.1) is 13.8 Å². The monoisotopic (exact) mass is 320 g/mol. The van der Waals surface area contributed by atoms with Crippen LogP contribution in [0.2, 0.25) is 0 Å². The number of aliphatic hydroxyl groups is 1. The molecule has 0 aliphatic heterocycles. The molecule has 2 aromatic rings. The minimum Gasteiger partial charge on any atom is -0.497 e. The zero-order valence-corrected chi connectivity index (χ0v) is 14.6. The first-order chi connectivity index (χ1) is 10.4. The Bertz CT molecular complexity index is 627. The number of aliphatic hydroxyl groups excluding tert-OH is 1. The predicted molar refractivity (Wildman–Crippen MR) is 90.6 cm³/mol. The molecule has 120 valence electrons. The van der Waals surface area contributed by atoms with E-state index in [1.165, 1.54) is 4.88 Å². The van der Waals surface area contributed by atoms with Gasteiger partial charge in [0.15, 0.2) is 0 Å². The maximum Gasteiger partial charge on any atom is 0.119 e. The number of methoxy groups -OCH3 is 1. The largest absolute Gasteiger partial charge is 0.497 e. The smallest absolute Gasteiger partial charge is 0.119 e. The molecule has 5 heteroatoms. The summed E-state index contributed by atoms with van der Waals surface area (Å²) in [4.78, 5) is 7.91. The van der Waals surface area contributed by atoms with E-state index >= 15 is 0 Å². The first kappa shape index (κ1) is 16.9. The molecular weight excluding hydrogens is 296 g/mol. The maximum atomic E-state index is 10.5. The van der Waals surface area contributed by atoms with Crippen molar-refractivity contribution in [1.29, 1.82) is 0 Å². The second-order valence-electron chi connectivity index (χ2n) is 5.59. The number of hydrogen-bond donors (Lipinski definition) is 1. The molecule has 0 radical (unpaired) electrons. The topological polar surface area (TPSA) is 45.6 Å². The van der Waals surface area contributed by atoms with Crippen LogP contribution in [0.25, 0.3) is 0 Å². The van der Waals surface area contributed by atoms with Crippen molar-refractivity contribution in [3.63, 3.8) is 0 Å². The van der Waals surface area contributed by atoms with E-state index in [4.69, 9.17) is 4.74 Å². The predicted octanol–water partition coefficient (Wildman–Crippen LogP) is 3.49. The van der Waals surface area contributed by atoms with Gasteiger partial charge in [0.2, 0.25) is 0 Å². The van der Waals surface area contributed by atoms with Crippen molar-refractivity contribution in [2.24, 2.45) is 0 Å². The maximum absolute atomic E-state index is 10.5. The number of rotatable bonds is 6. The first-order valence-corrected chi connectivity index (χ1v) is 8.20. The van der Waals surface area contributed by atoms with Gasteiger partial charge in [-0.05, 0) is 45.5 Å². The van der Waals surface area contributed by atoms with Crippen LogP contribution in [0.1, 0.15) is 40.2 Å². The number of hydrogen-bond acceptors (Lipinski definition) is 5. The molecule has 0 spiro atoms. The van der Waals surface area contributed by atoms with Gasteiger partial charge in [0.25, 0.3) is 0 Å². The molecule has 2 atom stereocenters. The summed E-state index contributed by atoms with van der Waals surface area (Å²) in [6, 6.07) is 7.81. The molecule has 2 rings (SSSR count). The van der Waals surface area contributed by atoms with Crippen molar-refractivity contribution in [2.75, 3.05) is 20.7 Å². The SMILES string of the molecule is COc1cccc(C(O)CN(C)C(C)c2sc(C)nc2C)c1. The average molecular weight is 320 g/mol. The lowest BCUT2D eigenvalue weighted by molar-refractivity contribution is 0.109. The highest BCUT2D eigenvalue weighted by molar-refractivity contribution is 7.11. The molecule has 0 fully saturated rings. The van der Waals surface area contributed by atoms with E-state index < -0.39 is 6.10 Å². The first-order valence-electron chi connectivity index (χ1n) is 7.38. The van der Waals surface area contributed by atoms with E-state index in [2.05, 4.69) is 16.8 Å². The van der Waals surface area contributed by atoms with Crippen LogP contribution in [-0.4, -0.2) is 35.7 Å². The Hall–Kier alpha value is -1.43. The van der Waals surface area contributed by atoms with Crippen LogP contribution in [0.15, 0.2) is 24.3 Å². The van der Waals surface area contributed by atoms with Crippen LogP contribution in [-0.2, 0) is 0 Å². The zero-order chi connectivity index (χ0) is 16.3. The molecular formula is C17H24N2O2S. The third-order valence-corrected chi connectivity index (χ3v) is 5.16. The number of nitrogens with zero attached hydrogens (tertiary/aromatic N) is 2. The van der Waals surface area contributed by atoms with E-state index in [-0.39, 0.29) is 6.04 Å². The van der Waals surface area contributed by atoms with Gasteiger partial charge in [-0.2, -0.15) is 0 Å². The van der Waals surface area contributed by atoms with Gasteiger partial charge in [0.05, 0.1) is 23.9 Å². The lowest BCUT2D eigenvalue weighted by atomic mass is 10.1. The van der Waals surface area contributed by atoms with Crippen LogP contribution in [0.5, 0.6) is 5.75 Å². The van der Waals surface area contributed by atoms with Crippen molar-refractivity contribution in [3.8, 4) is 5.75 Å². The Morgan fingerprint density at radius 2 is 2.09 bits per heavy atom. The van der Waals surface area contributed by atoms with Gasteiger partial charge in [-0.25, -0.2) is 4.98 Å². The summed E-state index contributed by atoms with van der Waals surface area (Å²) >= 11 is 1.73. The Balaban J connectivity index is 2.07. The molecule has 0 aliphatic carbocycles. The minimum atomic E-state index is -0.545. The number of likely N-dealkylation sites (N-methyl/N-ethyl adjacent to an activating group) is 1. The van der Waals surface area contributed by atoms with Crippen molar-refractivity contribution in [1.82, 2.24) is 9.88 Å². The Morgan fingerprint density at radius 3 is 2.68 bits per heavy atom. The molecule has 4 nitrogen and oxygen atoms in total. The highest BCUT2D eigenvalue weighted by Crippen LogP contribution is 2.29. The average Bonchev–Trinajstić information content (AvgIpc) is 2.85. The summed E-state index contributed by atoms with van der Waals surface area (Å²) in [7, 11) is 3.66. The summed E-state index contributed by atoms with van der Waals surface area (Å²) in [5, 5.41) is 11.6. The van der Waals surface area contributed by atoms with Gasteiger partial charge in [-0.1, -0.05) is 12.1 Å². The number of benzene rings is 1. The van der Waals surface area contributed by atoms with Crippen LogP contribution < -0.4 is 4.74 Å². The molecule has 2 unspecified atom stereocenters. The Labute approximate surface area is 136 Å². The molecule has 1 N–H and O–H groups in total.